The molecule has 2 heterocycles. The lowest BCUT2D eigenvalue weighted by molar-refractivity contribution is -0.141. The molecule has 0 spiro atoms. The minimum absolute atomic E-state index is 0.0580. The van der Waals surface area contributed by atoms with Crippen LogP contribution in [-0.2, 0) is 6.18 Å². The Morgan fingerprint density at radius 1 is 1.03 bits per heavy atom. The van der Waals surface area contributed by atoms with E-state index in [0.29, 0.717) is 12.1 Å². The number of halogens is 6. The van der Waals surface area contributed by atoms with Crippen molar-refractivity contribution < 1.29 is 40.6 Å². The molecule has 3 aromatic rings. The number of nitrogens with zero attached hydrogens (tertiary/aromatic N) is 4. The monoisotopic (exact) mass is 448 g/mol. The molecule has 0 N–H and O–H groups in total. The van der Waals surface area contributed by atoms with Gasteiger partial charge >= 0.3 is 18.4 Å². The predicted octanol–water partition coefficient (Wildman–Crippen LogP) is 4.22. The minimum Gasteiger partial charge on any atom is -0.480 e. The van der Waals surface area contributed by atoms with Crippen molar-refractivity contribution in [3.8, 4) is 11.9 Å². The van der Waals surface area contributed by atoms with Gasteiger partial charge in [-0.2, -0.15) is 41.4 Å². The van der Waals surface area contributed by atoms with E-state index in [-0.39, 0.29) is 40.5 Å². The average molecular weight is 448 g/mol. The summed E-state index contributed by atoms with van der Waals surface area (Å²) in [5.74, 6) is -0.159. The summed E-state index contributed by atoms with van der Waals surface area (Å²) in [5.41, 5.74) is -1.65. The van der Waals surface area contributed by atoms with Crippen molar-refractivity contribution in [2.75, 3.05) is 14.2 Å². The van der Waals surface area contributed by atoms with E-state index in [1.165, 1.54) is 14.2 Å². The summed E-state index contributed by atoms with van der Waals surface area (Å²) in [6, 6.07) is 1.29. The number of methoxy groups -OCH3 is 2. The van der Waals surface area contributed by atoms with Crippen molar-refractivity contribution in [2.45, 2.75) is 24.8 Å². The van der Waals surface area contributed by atoms with E-state index in [0.717, 1.165) is 16.8 Å². The van der Waals surface area contributed by atoms with Crippen LogP contribution in [0.5, 0.6) is 11.9 Å². The maximum atomic E-state index is 13.4. The van der Waals surface area contributed by atoms with E-state index < -0.39 is 30.4 Å². The highest BCUT2D eigenvalue weighted by molar-refractivity contribution is 5.96. The Kier molecular flexibility index (Phi) is 5.79. The first-order chi connectivity index (χ1) is 14.5. The first kappa shape index (κ1) is 22.3. The zero-order chi connectivity index (χ0) is 23.0. The lowest BCUT2D eigenvalue weighted by atomic mass is 10.0. The minimum atomic E-state index is -4.71. The molecule has 1 aromatic carbocycles. The molecule has 0 radical (unpaired) electrons. The van der Waals surface area contributed by atoms with Crippen LogP contribution in [-0.4, -0.2) is 46.4 Å². The van der Waals surface area contributed by atoms with Crippen molar-refractivity contribution in [3.63, 3.8) is 0 Å². The molecule has 3 rings (SSSR count). The van der Waals surface area contributed by atoms with Gasteiger partial charge in [0.05, 0.1) is 32.2 Å². The van der Waals surface area contributed by atoms with Gasteiger partial charge in [-0.15, -0.1) is 0 Å². The number of carbonyl (C=O) groups excluding carboxylic acids is 1. The Morgan fingerprint density at radius 3 is 2.16 bits per heavy atom. The first-order valence-electron chi connectivity index (χ1n) is 8.55. The molecule has 31 heavy (non-hydrogen) atoms. The third kappa shape index (κ3) is 4.54. The SMILES string of the molecule is COc1nc(OC)c2c(C=O)nn(C(CC(F)(F)F)c3ccc(C(F)(F)F)cc3)c2n1. The Bertz CT molecular complexity index is 1090. The predicted molar refractivity (Wildman–Crippen MR) is 94.1 cm³/mol. The number of alkyl halides is 6. The maximum absolute atomic E-state index is 13.4. The molecule has 0 bridgehead atoms. The van der Waals surface area contributed by atoms with Crippen LogP contribution in [0.2, 0.25) is 0 Å². The van der Waals surface area contributed by atoms with Gasteiger partial charge in [0.1, 0.15) is 11.1 Å². The van der Waals surface area contributed by atoms with Gasteiger partial charge in [-0.3, -0.25) is 4.79 Å². The zero-order valence-electron chi connectivity index (χ0n) is 16.0. The van der Waals surface area contributed by atoms with Crippen molar-refractivity contribution in [3.05, 3.63) is 41.1 Å². The second-order valence-corrected chi connectivity index (χ2v) is 6.32. The summed E-state index contributed by atoms with van der Waals surface area (Å²) in [6.07, 6.45) is -10.6. The number of hydrogen-bond donors (Lipinski definition) is 0. The van der Waals surface area contributed by atoms with E-state index in [9.17, 15) is 31.1 Å². The lowest BCUT2D eigenvalue weighted by Gasteiger charge is -2.21. The molecular weight excluding hydrogens is 434 g/mol. The number of carbonyl (C=O) groups is 1. The highest BCUT2D eigenvalue weighted by Gasteiger charge is 2.37. The number of benzene rings is 1. The number of fused-ring (bicyclic) bond motifs is 1. The number of hydrogen-bond acceptors (Lipinski definition) is 6. The van der Waals surface area contributed by atoms with E-state index in [1.54, 1.807) is 0 Å². The summed E-state index contributed by atoms with van der Waals surface area (Å²) in [6.45, 7) is 0. The Hall–Kier alpha value is -3.38. The Morgan fingerprint density at radius 2 is 1.68 bits per heavy atom. The summed E-state index contributed by atoms with van der Waals surface area (Å²) < 4.78 is 89.4. The quantitative estimate of drug-likeness (QED) is 0.415. The van der Waals surface area contributed by atoms with Gasteiger partial charge in [0.2, 0.25) is 5.88 Å². The largest absolute Gasteiger partial charge is 0.480 e. The summed E-state index contributed by atoms with van der Waals surface area (Å²) >= 11 is 0. The highest BCUT2D eigenvalue weighted by Crippen LogP contribution is 2.37. The molecule has 1 unspecified atom stereocenters. The van der Waals surface area contributed by atoms with Gasteiger partial charge in [-0.1, -0.05) is 12.1 Å². The number of aromatic nitrogens is 4. The van der Waals surface area contributed by atoms with Crippen LogP contribution in [0.1, 0.15) is 34.1 Å². The third-order valence-electron chi connectivity index (χ3n) is 4.36. The standard InChI is InChI=1S/C18H14F6N4O3/c1-30-15-13-11(8-29)27-28(14(13)25-16(26-15)31-2)12(7-17(19,20)21)9-3-5-10(6-4-9)18(22,23)24/h3-6,8,12H,7H2,1-2H3. The molecule has 0 amide bonds. The summed E-state index contributed by atoms with van der Waals surface area (Å²) in [4.78, 5) is 19.4. The second-order valence-electron chi connectivity index (χ2n) is 6.32. The molecule has 13 heteroatoms. The van der Waals surface area contributed by atoms with E-state index in [2.05, 4.69) is 15.1 Å². The molecule has 0 saturated carbocycles. The number of ether oxygens (including phenoxy) is 2. The van der Waals surface area contributed by atoms with Gasteiger partial charge in [-0.05, 0) is 17.7 Å². The van der Waals surface area contributed by atoms with Gasteiger partial charge in [0.15, 0.2) is 11.9 Å². The molecule has 166 valence electrons. The van der Waals surface area contributed by atoms with Crippen molar-refractivity contribution >= 4 is 17.3 Å². The zero-order valence-corrected chi connectivity index (χ0v) is 16.0. The Labute approximate surface area is 170 Å². The van der Waals surface area contributed by atoms with Crippen LogP contribution in [0.15, 0.2) is 24.3 Å². The van der Waals surface area contributed by atoms with Crippen LogP contribution in [0.25, 0.3) is 11.0 Å². The van der Waals surface area contributed by atoms with Gasteiger partial charge in [-0.25, -0.2) is 4.68 Å². The molecule has 0 saturated heterocycles. The smallest absolute Gasteiger partial charge is 0.416 e. The topological polar surface area (TPSA) is 79.1 Å². The van der Waals surface area contributed by atoms with Crippen LogP contribution in [0, 0.1) is 0 Å². The van der Waals surface area contributed by atoms with E-state index in [1.807, 2.05) is 0 Å². The molecule has 0 aliphatic rings. The first-order valence-corrected chi connectivity index (χ1v) is 8.55. The van der Waals surface area contributed by atoms with E-state index in [4.69, 9.17) is 9.47 Å². The number of rotatable bonds is 6. The Balaban J connectivity index is 2.25. The van der Waals surface area contributed by atoms with Crippen LogP contribution in [0.4, 0.5) is 26.3 Å². The summed E-state index contributed by atoms with van der Waals surface area (Å²) in [7, 11) is 2.43. The highest BCUT2D eigenvalue weighted by atomic mass is 19.4. The van der Waals surface area contributed by atoms with Crippen molar-refractivity contribution in [1.82, 2.24) is 19.7 Å². The van der Waals surface area contributed by atoms with E-state index >= 15 is 0 Å². The molecule has 0 fully saturated rings. The average Bonchev–Trinajstić information content (AvgIpc) is 3.08. The fourth-order valence-electron chi connectivity index (χ4n) is 3.01. The summed E-state index contributed by atoms with van der Waals surface area (Å²) in [5, 5.41) is 3.85. The van der Waals surface area contributed by atoms with Crippen LogP contribution >= 0.6 is 0 Å². The molecule has 0 aliphatic carbocycles. The molecule has 7 nitrogen and oxygen atoms in total. The molecule has 0 aliphatic heterocycles. The number of aldehydes is 1. The fraction of sp³-hybridized carbons (Fsp3) is 0.333. The maximum Gasteiger partial charge on any atom is 0.416 e. The molecular formula is C18H14F6N4O3. The van der Waals surface area contributed by atoms with Crippen molar-refractivity contribution in [2.24, 2.45) is 0 Å². The fourth-order valence-corrected chi connectivity index (χ4v) is 3.01. The van der Waals surface area contributed by atoms with Gasteiger partial charge < -0.3 is 9.47 Å². The third-order valence-corrected chi connectivity index (χ3v) is 4.36. The second kappa shape index (κ2) is 8.04. The van der Waals surface area contributed by atoms with Crippen LogP contribution < -0.4 is 9.47 Å². The van der Waals surface area contributed by atoms with Gasteiger partial charge in [0.25, 0.3) is 0 Å². The normalized spacial score (nSPS) is 13.3. The molecule has 1 atom stereocenters. The van der Waals surface area contributed by atoms with Gasteiger partial charge in [0, 0.05) is 0 Å². The van der Waals surface area contributed by atoms with Crippen molar-refractivity contribution in [1.29, 1.82) is 0 Å². The lowest BCUT2D eigenvalue weighted by Crippen LogP contribution is -2.21. The van der Waals surface area contributed by atoms with Crippen LogP contribution in [0.3, 0.4) is 0 Å². The molecule has 2 aromatic heterocycles.